The fraction of sp³-hybridized carbons (Fsp3) is 0.222. The maximum absolute atomic E-state index is 2.55. The van der Waals surface area contributed by atoms with Gasteiger partial charge in [-0.05, 0) is 35.8 Å². The van der Waals surface area contributed by atoms with Gasteiger partial charge in [-0.1, -0.05) is 48.5 Å². The highest BCUT2D eigenvalue weighted by atomic mass is 15.2. The summed E-state index contributed by atoms with van der Waals surface area (Å²) in [7, 11) is 0. The van der Waals surface area contributed by atoms with Crippen molar-refractivity contribution in [3.63, 3.8) is 0 Å². The molecule has 2 aliphatic rings. The summed E-state index contributed by atoms with van der Waals surface area (Å²) in [5, 5.41) is 2.76. The van der Waals surface area contributed by atoms with Gasteiger partial charge >= 0.3 is 0 Å². The molecule has 4 rings (SSSR count). The summed E-state index contributed by atoms with van der Waals surface area (Å²) in [6.07, 6.45) is 3.57. The summed E-state index contributed by atoms with van der Waals surface area (Å²) in [5.74, 6) is 0. The van der Waals surface area contributed by atoms with E-state index in [9.17, 15) is 0 Å². The van der Waals surface area contributed by atoms with Crippen LogP contribution >= 0.6 is 0 Å². The van der Waals surface area contributed by atoms with Crippen molar-refractivity contribution in [2.45, 2.75) is 19.4 Å². The molecule has 19 heavy (non-hydrogen) atoms. The van der Waals surface area contributed by atoms with Crippen LogP contribution in [0.2, 0.25) is 0 Å². The number of fused-ring (bicyclic) bond motifs is 4. The summed E-state index contributed by atoms with van der Waals surface area (Å²) in [6.45, 7) is 3.38. The van der Waals surface area contributed by atoms with E-state index in [1.165, 1.54) is 27.3 Å². The second-order valence-electron chi connectivity index (χ2n) is 5.43. The van der Waals surface area contributed by atoms with Crippen LogP contribution in [0.1, 0.15) is 24.1 Å². The van der Waals surface area contributed by atoms with Crippen molar-refractivity contribution in [3.8, 4) is 0 Å². The molecule has 1 atom stereocenters. The Balaban J connectivity index is 1.99. The van der Waals surface area contributed by atoms with E-state index in [4.69, 9.17) is 0 Å². The maximum Gasteiger partial charge on any atom is 0.0735 e. The standard InChI is InChI=1S/C18H17N/c1-13-16-8-4-3-7-15(16)12-18-17-9-5-2-6-14(17)10-11-19(13)18/h2-9,12,18H,10-11H2,1H3. The number of hydrogen-bond acceptors (Lipinski definition) is 1. The zero-order chi connectivity index (χ0) is 12.8. The molecule has 0 aliphatic carbocycles. The average Bonchev–Trinajstić information content (AvgIpc) is 2.47. The molecule has 2 aromatic rings. The lowest BCUT2D eigenvalue weighted by Gasteiger charge is -2.40. The molecular weight excluding hydrogens is 230 g/mol. The quantitative estimate of drug-likeness (QED) is 0.690. The van der Waals surface area contributed by atoms with Crippen LogP contribution in [0, 0.1) is 0 Å². The second-order valence-corrected chi connectivity index (χ2v) is 5.43. The molecule has 0 N–H and O–H groups in total. The van der Waals surface area contributed by atoms with E-state index in [0.717, 1.165) is 13.0 Å². The minimum absolute atomic E-state index is 0.417. The van der Waals surface area contributed by atoms with Crippen LogP contribution in [-0.4, -0.2) is 11.4 Å². The molecule has 1 unspecified atom stereocenters. The van der Waals surface area contributed by atoms with E-state index >= 15 is 0 Å². The molecule has 0 saturated heterocycles. The molecule has 2 aliphatic heterocycles. The first-order valence-electron chi connectivity index (χ1n) is 6.97. The van der Waals surface area contributed by atoms with E-state index < -0.39 is 0 Å². The third-order valence-corrected chi connectivity index (χ3v) is 4.45. The fourth-order valence-corrected chi connectivity index (χ4v) is 3.45. The van der Waals surface area contributed by atoms with Crippen LogP contribution < -0.4 is 10.4 Å². The Hall–Kier alpha value is -2.02. The average molecular weight is 247 g/mol. The maximum atomic E-state index is 2.55. The Kier molecular flexibility index (Phi) is 2.28. The highest BCUT2D eigenvalue weighted by molar-refractivity contribution is 5.56. The molecule has 0 spiro atoms. The van der Waals surface area contributed by atoms with Crippen LogP contribution in [0.5, 0.6) is 0 Å². The Bertz CT molecular complexity index is 757. The van der Waals surface area contributed by atoms with Crippen molar-refractivity contribution < 1.29 is 0 Å². The zero-order valence-electron chi connectivity index (χ0n) is 11.1. The van der Waals surface area contributed by atoms with Gasteiger partial charge in [-0.2, -0.15) is 0 Å². The monoisotopic (exact) mass is 247 g/mol. The van der Waals surface area contributed by atoms with Gasteiger partial charge in [-0.15, -0.1) is 0 Å². The van der Waals surface area contributed by atoms with E-state index in [2.05, 4.69) is 66.4 Å². The van der Waals surface area contributed by atoms with Gasteiger partial charge in [0.2, 0.25) is 0 Å². The minimum atomic E-state index is 0.417. The number of rotatable bonds is 0. The largest absolute Gasteiger partial charge is 0.364 e. The van der Waals surface area contributed by atoms with Crippen molar-refractivity contribution in [1.29, 1.82) is 0 Å². The first-order chi connectivity index (χ1) is 9.34. The normalized spacial score (nSPS) is 20.2. The van der Waals surface area contributed by atoms with Gasteiger partial charge in [-0.25, -0.2) is 0 Å². The third-order valence-electron chi connectivity index (χ3n) is 4.45. The molecular formula is C18H17N. The van der Waals surface area contributed by atoms with E-state index in [1.807, 2.05) is 0 Å². The van der Waals surface area contributed by atoms with Gasteiger partial charge in [0.15, 0.2) is 0 Å². The van der Waals surface area contributed by atoms with E-state index in [1.54, 1.807) is 0 Å². The van der Waals surface area contributed by atoms with Crippen LogP contribution in [0.15, 0.2) is 48.5 Å². The molecule has 0 fully saturated rings. The summed E-state index contributed by atoms with van der Waals surface area (Å²) in [5.41, 5.74) is 4.40. The van der Waals surface area contributed by atoms with Gasteiger partial charge in [0, 0.05) is 17.5 Å². The lowest BCUT2D eigenvalue weighted by atomic mass is 9.89. The molecule has 2 aromatic carbocycles. The summed E-state index contributed by atoms with van der Waals surface area (Å²) in [4.78, 5) is 2.55. The fourth-order valence-electron chi connectivity index (χ4n) is 3.45. The molecule has 0 aromatic heterocycles. The molecule has 0 radical (unpaired) electrons. The lowest BCUT2D eigenvalue weighted by Crippen LogP contribution is -2.43. The molecule has 94 valence electrons. The minimum Gasteiger partial charge on any atom is -0.364 e. The second kappa shape index (κ2) is 3.99. The molecule has 0 bridgehead atoms. The first kappa shape index (κ1) is 10.9. The van der Waals surface area contributed by atoms with Gasteiger partial charge in [-0.3, -0.25) is 0 Å². The van der Waals surface area contributed by atoms with Gasteiger partial charge in [0.25, 0.3) is 0 Å². The van der Waals surface area contributed by atoms with Crippen LogP contribution in [0.3, 0.4) is 0 Å². The Morgan fingerprint density at radius 2 is 1.79 bits per heavy atom. The van der Waals surface area contributed by atoms with Crippen molar-refractivity contribution in [2.24, 2.45) is 0 Å². The molecule has 0 saturated carbocycles. The smallest absolute Gasteiger partial charge is 0.0735 e. The lowest BCUT2D eigenvalue weighted by molar-refractivity contribution is 0.332. The molecule has 1 heteroatoms. The van der Waals surface area contributed by atoms with Gasteiger partial charge in [0.05, 0.1) is 6.04 Å². The van der Waals surface area contributed by atoms with Crippen molar-refractivity contribution in [3.05, 3.63) is 70.1 Å². The van der Waals surface area contributed by atoms with Gasteiger partial charge < -0.3 is 4.90 Å². The van der Waals surface area contributed by atoms with Crippen molar-refractivity contribution in [2.75, 3.05) is 6.54 Å². The Morgan fingerprint density at radius 1 is 1.00 bits per heavy atom. The predicted molar refractivity (Wildman–Crippen MR) is 78.8 cm³/mol. The topological polar surface area (TPSA) is 3.24 Å². The predicted octanol–water partition coefficient (Wildman–Crippen LogP) is 2.21. The van der Waals surface area contributed by atoms with Gasteiger partial charge in [0.1, 0.15) is 0 Å². The van der Waals surface area contributed by atoms with Crippen LogP contribution in [-0.2, 0) is 6.42 Å². The van der Waals surface area contributed by atoms with Crippen LogP contribution in [0.25, 0.3) is 11.8 Å². The third kappa shape index (κ3) is 1.54. The SMILES string of the molecule is CC1=c2ccccc2=CC2c3ccccc3CCN12. The van der Waals surface area contributed by atoms with E-state index in [0.29, 0.717) is 6.04 Å². The molecule has 0 amide bonds. The summed E-state index contributed by atoms with van der Waals surface area (Å²) < 4.78 is 0. The van der Waals surface area contributed by atoms with Crippen molar-refractivity contribution >= 4 is 11.8 Å². The Labute approximate surface area is 113 Å². The van der Waals surface area contributed by atoms with Crippen molar-refractivity contribution in [1.82, 2.24) is 4.90 Å². The summed E-state index contributed by atoms with van der Waals surface area (Å²) in [6, 6.07) is 18.0. The highest BCUT2D eigenvalue weighted by Crippen LogP contribution is 2.34. The highest BCUT2D eigenvalue weighted by Gasteiger charge is 2.27. The number of nitrogens with zero attached hydrogens (tertiary/aromatic N) is 1. The molecule has 2 heterocycles. The molecule has 1 nitrogen and oxygen atoms in total. The number of benzene rings is 2. The first-order valence-corrected chi connectivity index (χ1v) is 6.97. The van der Waals surface area contributed by atoms with Crippen LogP contribution in [0.4, 0.5) is 0 Å². The summed E-state index contributed by atoms with van der Waals surface area (Å²) >= 11 is 0. The Morgan fingerprint density at radius 3 is 2.74 bits per heavy atom. The zero-order valence-corrected chi connectivity index (χ0v) is 11.1. The van der Waals surface area contributed by atoms with E-state index in [-0.39, 0.29) is 0 Å². The number of hydrogen-bond donors (Lipinski definition) is 0.